The maximum atomic E-state index is 11.3. The summed E-state index contributed by atoms with van der Waals surface area (Å²) in [5, 5.41) is 0.381. The Bertz CT molecular complexity index is 339. The number of halogens is 1. The van der Waals surface area contributed by atoms with Crippen LogP contribution in [0.5, 0.6) is 0 Å². The van der Waals surface area contributed by atoms with E-state index in [1.165, 1.54) is 0 Å². The normalized spacial score (nSPS) is 9.93. The van der Waals surface area contributed by atoms with Crippen molar-refractivity contribution in [1.29, 1.82) is 0 Å². The third kappa shape index (κ3) is 2.47. The minimum atomic E-state index is -0.402. The second-order valence-electron chi connectivity index (χ2n) is 2.74. The maximum absolute atomic E-state index is 11.3. The summed E-state index contributed by atoms with van der Waals surface area (Å²) < 4.78 is 4.83. The number of ether oxygens (including phenoxy) is 1. The van der Waals surface area contributed by atoms with Gasteiger partial charge in [0.25, 0.3) is 0 Å². The summed E-state index contributed by atoms with van der Waals surface area (Å²) in [6.45, 7) is 2.50. The monoisotopic (exact) mass is 213 g/mol. The zero-order valence-electron chi connectivity index (χ0n) is 7.92. The van der Waals surface area contributed by atoms with Crippen molar-refractivity contribution in [3.63, 3.8) is 0 Å². The maximum Gasteiger partial charge on any atom is 0.339 e. The number of benzene rings is 1. The molecule has 3 nitrogen and oxygen atoms in total. The lowest BCUT2D eigenvalue weighted by Gasteiger charge is -2.05. The molecule has 1 aromatic rings. The lowest BCUT2D eigenvalue weighted by molar-refractivity contribution is 0.0526. The molecular formula is C10H12ClNO2. The Labute approximate surface area is 87.8 Å². The number of nitrogens with two attached hydrogens (primary N) is 1. The molecule has 0 bridgehead atoms. The van der Waals surface area contributed by atoms with Crippen LogP contribution in [0.4, 0.5) is 0 Å². The van der Waals surface area contributed by atoms with Crippen molar-refractivity contribution in [1.82, 2.24) is 0 Å². The van der Waals surface area contributed by atoms with E-state index < -0.39 is 5.97 Å². The zero-order chi connectivity index (χ0) is 10.6. The molecule has 14 heavy (non-hydrogen) atoms. The number of hydrogen-bond acceptors (Lipinski definition) is 3. The molecule has 1 rings (SSSR count). The minimum Gasteiger partial charge on any atom is -0.462 e. The lowest BCUT2D eigenvalue weighted by atomic mass is 10.1. The van der Waals surface area contributed by atoms with E-state index in [-0.39, 0.29) is 0 Å². The van der Waals surface area contributed by atoms with E-state index in [0.717, 1.165) is 5.56 Å². The van der Waals surface area contributed by atoms with Crippen LogP contribution in [0.1, 0.15) is 22.8 Å². The molecule has 0 fully saturated rings. The van der Waals surface area contributed by atoms with Gasteiger partial charge < -0.3 is 10.5 Å². The van der Waals surface area contributed by atoms with Crippen LogP contribution in [0.3, 0.4) is 0 Å². The molecule has 0 amide bonds. The van der Waals surface area contributed by atoms with Gasteiger partial charge in [0.2, 0.25) is 0 Å². The van der Waals surface area contributed by atoms with Crippen LogP contribution >= 0.6 is 11.6 Å². The second kappa shape index (κ2) is 4.98. The van der Waals surface area contributed by atoms with E-state index in [1.807, 2.05) is 0 Å². The van der Waals surface area contributed by atoms with Crippen LogP contribution < -0.4 is 5.73 Å². The fourth-order valence-electron chi connectivity index (χ4n) is 1.06. The summed E-state index contributed by atoms with van der Waals surface area (Å²) in [4.78, 5) is 11.3. The van der Waals surface area contributed by atoms with Gasteiger partial charge in [0.05, 0.1) is 17.2 Å². The quantitative estimate of drug-likeness (QED) is 0.782. The largest absolute Gasteiger partial charge is 0.462 e. The average Bonchev–Trinajstić information content (AvgIpc) is 2.17. The Hall–Kier alpha value is -1.06. The van der Waals surface area contributed by atoms with Crippen LogP contribution in [-0.4, -0.2) is 12.6 Å². The predicted octanol–water partition coefficient (Wildman–Crippen LogP) is 1.98. The molecule has 1 aromatic carbocycles. The van der Waals surface area contributed by atoms with Crippen molar-refractivity contribution >= 4 is 17.6 Å². The Morgan fingerprint density at radius 1 is 1.57 bits per heavy atom. The molecule has 0 aromatic heterocycles. The van der Waals surface area contributed by atoms with Crippen molar-refractivity contribution in [3.8, 4) is 0 Å². The van der Waals surface area contributed by atoms with Gasteiger partial charge >= 0.3 is 5.97 Å². The fraction of sp³-hybridized carbons (Fsp3) is 0.300. The first-order valence-electron chi connectivity index (χ1n) is 4.34. The van der Waals surface area contributed by atoms with Crippen LogP contribution in [-0.2, 0) is 11.3 Å². The van der Waals surface area contributed by atoms with E-state index >= 15 is 0 Å². The average molecular weight is 214 g/mol. The zero-order valence-corrected chi connectivity index (χ0v) is 8.67. The van der Waals surface area contributed by atoms with Gasteiger partial charge in [-0.15, -0.1) is 0 Å². The van der Waals surface area contributed by atoms with Crippen molar-refractivity contribution in [2.24, 2.45) is 5.73 Å². The Kier molecular flexibility index (Phi) is 3.92. The summed E-state index contributed by atoms with van der Waals surface area (Å²) >= 11 is 5.88. The SMILES string of the molecule is CCOC(=O)c1ccc(CN)cc1Cl. The number of rotatable bonds is 3. The molecular weight excluding hydrogens is 202 g/mol. The van der Waals surface area contributed by atoms with E-state index in [2.05, 4.69) is 0 Å². The van der Waals surface area contributed by atoms with Gasteiger partial charge in [-0.1, -0.05) is 17.7 Å². The van der Waals surface area contributed by atoms with Crippen molar-refractivity contribution in [2.45, 2.75) is 13.5 Å². The molecule has 0 aliphatic rings. The number of esters is 1. The highest BCUT2D eigenvalue weighted by molar-refractivity contribution is 6.33. The highest BCUT2D eigenvalue weighted by atomic mass is 35.5. The standard InChI is InChI=1S/C10H12ClNO2/c1-2-14-10(13)8-4-3-7(6-12)5-9(8)11/h3-5H,2,6,12H2,1H3. The van der Waals surface area contributed by atoms with E-state index in [1.54, 1.807) is 25.1 Å². The molecule has 0 heterocycles. The third-order valence-electron chi connectivity index (χ3n) is 1.76. The number of hydrogen-bond donors (Lipinski definition) is 1. The van der Waals surface area contributed by atoms with Gasteiger partial charge in [-0.25, -0.2) is 4.79 Å². The highest BCUT2D eigenvalue weighted by Crippen LogP contribution is 2.18. The van der Waals surface area contributed by atoms with Crippen molar-refractivity contribution in [2.75, 3.05) is 6.61 Å². The molecule has 0 atom stereocenters. The summed E-state index contributed by atoms with van der Waals surface area (Å²) in [7, 11) is 0. The molecule has 0 saturated carbocycles. The molecule has 0 unspecified atom stereocenters. The fourth-order valence-corrected chi connectivity index (χ4v) is 1.34. The smallest absolute Gasteiger partial charge is 0.339 e. The third-order valence-corrected chi connectivity index (χ3v) is 2.08. The van der Waals surface area contributed by atoms with E-state index in [4.69, 9.17) is 22.1 Å². The van der Waals surface area contributed by atoms with Crippen LogP contribution in [0, 0.1) is 0 Å². The van der Waals surface area contributed by atoms with Gasteiger partial charge in [0.15, 0.2) is 0 Å². The molecule has 76 valence electrons. The molecule has 0 aliphatic carbocycles. The number of carbonyl (C=O) groups excluding carboxylic acids is 1. The Balaban J connectivity index is 2.94. The van der Waals surface area contributed by atoms with E-state index in [9.17, 15) is 4.79 Å². The molecule has 0 aliphatic heterocycles. The van der Waals surface area contributed by atoms with Crippen LogP contribution in [0.25, 0.3) is 0 Å². The molecule has 2 N–H and O–H groups in total. The summed E-state index contributed by atoms with van der Waals surface area (Å²) in [5.41, 5.74) is 6.70. The summed E-state index contributed by atoms with van der Waals surface area (Å²) in [5.74, 6) is -0.402. The Morgan fingerprint density at radius 3 is 2.79 bits per heavy atom. The first-order chi connectivity index (χ1) is 6.69. The summed E-state index contributed by atoms with van der Waals surface area (Å²) in [6.07, 6.45) is 0. The van der Waals surface area contributed by atoms with Crippen LogP contribution in [0.2, 0.25) is 5.02 Å². The molecule has 4 heteroatoms. The Morgan fingerprint density at radius 2 is 2.29 bits per heavy atom. The minimum absolute atomic E-state index is 0.341. The van der Waals surface area contributed by atoms with Gasteiger partial charge in [0.1, 0.15) is 0 Å². The summed E-state index contributed by atoms with van der Waals surface area (Å²) in [6, 6.07) is 5.06. The van der Waals surface area contributed by atoms with Crippen LogP contribution in [0.15, 0.2) is 18.2 Å². The van der Waals surface area contributed by atoms with Gasteiger partial charge in [-0.2, -0.15) is 0 Å². The molecule has 0 saturated heterocycles. The van der Waals surface area contributed by atoms with Gasteiger partial charge in [0, 0.05) is 6.54 Å². The molecule has 0 radical (unpaired) electrons. The first kappa shape index (κ1) is 11.0. The van der Waals surface area contributed by atoms with Gasteiger partial charge in [-0.05, 0) is 24.6 Å². The van der Waals surface area contributed by atoms with Crippen molar-refractivity contribution in [3.05, 3.63) is 34.3 Å². The predicted molar refractivity (Wildman–Crippen MR) is 55.3 cm³/mol. The van der Waals surface area contributed by atoms with E-state index in [0.29, 0.717) is 23.7 Å². The molecule has 0 spiro atoms. The number of carbonyl (C=O) groups is 1. The lowest BCUT2D eigenvalue weighted by Crippen LogP contribution is -2.06. The van der Waals surface area contributed by atoms with Crippen molar-refractivity contribution < 1.29 is 9.53 Å². The first-order valence-corrected chi connectivity index (χ1v) is 4.72. The highest BCUT2D eigenvalue weighted by Gasteiger charge is 2.10. The van der Waals surface area contributed by atoms with Gasteiger partial charge in [-0.3, -0.25) is 0 Å². The topological polar surface area (TPSA) is 52.3 Å². The second-order valence-corrected chi connectivity index (χ2v) is 3.15.